The molecule has 0 aliphatic carbocycles. The second kappa shape index (κ2) is 4.76. The summed E-state index contributed by atoms with van der Waals surface area (Å²) >= 11 is 0. The normalized spacial score (nSPS) is 37.4. The highest BCUT2D eigenvalue weighted by Gasteiger charge is 3.01. The van der Waals surface area contributed by atoms with Gasteiger partial charge < -0.3 is 0 Å². The SMILES string of the molecule is FC(F)(F)C1(F)OC(F)(F)C(F)(C(F)(F)F)C(F)(F)C(F)(F)C1(F)F. The molecule has 1 aliphatic heterocycles. The molecule has 0 spiro atoms. The number of hydrogen-bond donors (Lipinski definition) is 0. The maximum atomic E-state index is 13.4. The average Bonchev–Trinajstić information content (AvgIpc) is 2.33. The van der Waals surface area contributed by atoms with Crippen LogP contribution in [0.15, 0.2) is 0 Å². The molecule has 17 heteroatoms. The van der Waals surface area contributed by atoms with Gasteiger partial charge in [0.1, 0.15) is 0 Å². The summed E-state index contributed by atoms with van der Waals surface area (Å²) in [5.74, 6) is -32.5. The van der Waals surface area contributed by atoms with E-state index in [-0.39, 0.29) is 0 Å². The Kier molecular flexibility index (Phi) is 4.17. The van der Waals surface area contributed by atoms with Crippen LogP contribution in [-0.2, 0) is 4.74 Å². The number of halogens is 16. The van der Waals surface area contributed by atoms with Crippen LogP contribution in [-0.4, -0.2) is 47.8 Å². The van der Waals surface area contributed by atoms with E-state index in [1.54, 1.807) is 0 Å². The Balaban J connectivity index is 4.07. The third-order valence-corrected chi connectivity index (χ3v) is 3.05. The van der Waals surface area contributed by atoms with Gasteiger partial charge in [-0.3, -0.25) is 4.74 Å². The first-order valence-corrected chi connectivity index (χ1v) is 5.18. The summed E-state index contributed by atoms with van der Waals surface area (Å²) in [6.07, 6.45) is -23.5. The lowest BCUT2D eigenvalue weighted by atomic mass is 9.87. The highest BCUT2D eigenvalue weighted by Crippen LogP contribution is 2.69. The first-order valence-electron chi connectivity index (χ1n) is 5.18. The van der Waals surface area contributed by atoms with E-state index in [0.717, 1.165) is 0 Å². The van der Waals surface area contributed by atoms with Crippen molar-refractivity contribution in [3.05, 3.63) is 0 Å². The Morgan fingerprint density at radius 1 is 0.480 bits per heavy atom. The zero-order valence-corrected chi connectivity index (χ0v) is 10.5. The van der Waals surface area contributed by atoms with E-state index in [1.165, 1.54) is 4.74 Å². The summed E-state index contributed by atoms with van der Waals surface area (Å²) in [5, 5.41) is 0. The Morgan fingerprint density at radius 3 is 1.12 bits per heavy atom. The molecule has 1 heterocycles. The number of hydrogen-bond acceptors (Lipinski definition) is 1. The lowest BCUT2D eigenvalue weighted by molar-refractivity contribution is -0.488. The van der Waals surface area contributed by atoms with E-state index >= 15 is 0 Å². The summed E-state index contributed by atoms with van der Waals surface area (Å²) in [5.41, 5.74) is -8.15. The highest BCUT2D eigenvalue weighted by molar-refractivity contribution is 5.20. The molecular formula is C8F16O. The van der Waals surface area contributed by atoms with E-state index in [9.17, 15) is 70.2 Å². The Morgan fingerprint density at radius 2 is 0.840 bits per heavy atom. The van der Waals surface area contributed by atoms with E-state index in [4.69, 9.17) is 0 Å². The van der Waals surface area contributed by atoms with Crippen molar-refractivity contribution in [2.75, 3.05) is 0 Å². The molecule has 2 unspecified atom stereocenters. The largest absolute Gasteiger partial charge is 0.455 e. The second-order valence-electron chi connectivity index (χ2n) is 4.59. The van der Waals surface area contributed by atoms with Crippen LogP contribution in [0.1, 0.15) is 0 Å². The van der Waals surface area contributed by atoms with E-state index in [1.807, 2.05) is 0 Å². The van der Waals surface area contributed by atoms with Gasteiger partial charge in [0.05, 0.1) is 0 Å². The van der Waals surface area contributed by atoms with Gasteiger partial charge in [-0.25, -0.2) is 4.39 Å². The summed E-state index contributed by atoms with van der Waals surface area (Å²) < 4.78 is 206. The maximum absolute atomic E-state index is 13.4. The molecule has 0 aromatic rings. The van der Waals surface area contributed by atoms with Crippen molar-refractivity contribution in [3.8, 4) is 0 Å². The molecule has 0 aromatic heterocycles. The van der Waals surface area contributed by atoms with Gasteiger partial charge in [-0.1, -0.05) is 0 Å². The average molecular weight is 416 g/mol. The van der Waals surface area contributed by atoms with Gasteiger partial charge in [0.25, 0.3) is 0 Å². The molecule has 2 atom stereocenters. The van der Waals surface area contributed by atoms with Crippen LogP contribution in [0.4, 0.5) is 70.2 Å². The van der Waals surface area contributed by atoms with Crippen molar-refractivity contribution in [2.24, 2.45) is 0 Å². The second-order valence-corrected chi connectivity index (χ2v) is 4.59. The summed E-state index contributed by atoms with van der Waals surface area (Å²) in [7, 11) is 0. The zero-order valence-electron chi connectivity index (χ0n) is 10.5. The van der Waals surface area contributed by atoms with Crippen LogP contribution in [0.5, 0.6) is 0 Å². The first kappa shape index (κ1) is 21.9. The van der Waals surface area contributed by atoms with Crippen molar-refractivity contribution in [1.82, 2.24) is 0 Å². The molecule has 0 radical (unpaired) electrons. The minimum Gasteiger partial charge on any atom is -0.266 e. The minimum atomic E-state index is -8.30. The van der Waals surface area contributed by atoms with Gasteiger partial charge >= 0.3 is 47.8 Å². The van der Waals surface area contributed by atoms with Crippen LogP contribution in [0, 0.1) is 0 Å². The molecule has 0 aromatic carbocycles. The molecule has 1 nitrogen and oxygen atoms in total. The van der Waals surface area contributed by atoms with Gasteiger partial charge in [0.15, 0.2) is 0 Å². The fourth-order valence-electron chi connectivity index (χ4n) is 1.69. The van der Waals surface area contributed by atoms with Crippen LogP contribution in [0.2, 0.25) is 0 Å². The van der Waals surface area contributed by atoms with Crippen LogP contribution >= 0.6 is 0 Å². The molecule has 0 amide bonds. The van der Waals surface area contributed by atoms with Gasteiger partial charge in [0.2, 0.25) is 0 Å². The summed E-state index contributed by atoms with van der Waals surface area (Å²) in [6.45, 7) is 0. The van der Waals surface area contributed by atoms with E-state index in [2.05, 4.69) is 0 Å². The van der Waals surface area contributed by atoms with Crippen molar-refractivity contribution >= 4 is 0 Å². The molecular weight excluding hydrogens is 416 g/mol. The van der Waals surface area contributed by atoms with Crippen LogP contribution in [0.3, 0.4) is 0 Å². The summed E-state index contributed by atoms with van der Waals surface area (Å²) in [6, 6.07) is 0. The lowest BCUT2D eigenvalue weighted by Crippen LogP contribution is -2.73. The fraction of sp³-hybridized carbons (Fsp3) is 1.00. The molecule has 0 bridgehead atoms. The maximum Gasteiger partial charge on any atom is 0.455 e. The smallest absolute Gasteiger partial charge is 0.266 e. The van der Waals surface area contributed by atoms with E-state index in [0.29, 0.717) is 0 Å². The Hall–Kier alpha value is -1.16. The molecule has 25 heavy (non-hydrogen) atoms. The molecule has 1 rings (SSSR count). The Bertz CT molecular complexity index is 543. The fourth-order valence-corrected chi connectivity index (χ4v) is 1.69. The van der Waals surface area contributed by atoms with Crippen molar-refractivity contribution in [1.29, 1.82) is 0 Å². The molecule has 1 fully saturated rings. The minimum absolute atomic E-state index is 1.35. The third-order valence-electron chi connectivity index (χ3n) is 3.05. The van der Waals surface area contributed by atoms with Crippen molar-refractivity contribution in [3.63, 3.8) is 0 Å². The monoisotopic (exact) mass is 416 g/mol. The van der Waals surface area contributed by atoms with Gasteiger partial charge in [-0.05, 0) is 0 Å². The number of ether oxygens (including phenoxy) is 1. The van der Waals surface area contributed by atoms with Crippen molar-refractivity contribution < 1.29 is 75.0 Å². The highest BCUT2D eigenvalue weighted by atomic mass is 19.4. The van der Waals surface area contributed by atoms with E-state index < -0.39 is 47.8 Å². The zero-order chi connectivity index (χ0) is 20.7. The van der Waals surface area contributed by atoms with Gasteiger partial charge in [-0.15, -0.1) is 0 Å². The third kappa shape index (κ3) is 2.16. The van der Waals surface area contributed by atoms with Crippen molar-refractivity contribution in [2.45, 2.75) is 47.8 Å². The molecule has 0 N–H and O–H groups in total. The Labute approximate surface area is 124 Å². The topological polar surface area (TPSA) is 9.23 Å². The quantitative estimate of drug-likeness (QED) is 0.505. The van der Waals surface area contributed by atoms with Gasteiger partial charge in [0, 0.05) is 0 Å². The first-order chi connectivity index (χ1) is 10.5. The predicted molar refractivity (Wildman–Crippen MR) is 40.7 cm³/mol. The molecule has 1 saturated heterocycles. The molecule has 1 aliphatic rings. The molecule has 0 saturated carbocycles. The van der Waals surface area contributed by atoms with Crippen LogP contribution < -0.4 is 0 Å². The summed E-state index contributed by atoms with van der Waals surface area (Å²) in [4.78, 5) is 0. The lowest BCUT2D eigenvalue weighted by Gasteiger charge is -2.39. The van der Waals surface area contributed by atoms with Gasteiger partial charge in [-0.2, -0.15) is 65.9 Å². The number of rotatable bonds is 0. The standard InChI is InChI=1S/C8F16O/c9-1(6(17,18)19)2(10,11)3(12,13)4(14,15)5(16,7(20,21)22)25-8(1,23)24. The predicted octanol–water partition coefficient (Wildman–Crippen LogP) is 5.01. The molecule has 150 valence electrons. The number of alkyl halides is 16. The van der Waals surface area contributed by atoms with Crippen LogP contribution in [0.25, 0.3) is 0 Å².